The minimum Gasteiger partial charge on any atom is -0.382 e. The second kappa shape index (κ2) is 10.6. The van der Waals surface area contributed by atoms with Crippen LogP contribution in [0.25, 0.3) is 22.1 Å². The number of nitrogens with one attached hydrogen (secondary N) is 1. The quantitative estimate of drug-likeness (QED) is 0.262. The van der Waals surface area contributed by atoms with Crippen molar-refractivity contribution in [1.82, 2.24) is 33.8 Å². The van der Waals surface area contributed by atoms with Gasteiger partial charge in [-0.15, -0.1) is 0 Å². The lowest BCUT2D eigenvalue weighted by Gasteiger charge is -2.22. The van der Waals surface area contributed by atoms with Gasteiger partial charge in [0.1, 0.15) is 11.2 Å². The normalized spacial score (nSPS) is 15.5. The van der Waals surface area contributed by atoms with E-state index in [2.05, 4.69) is 32.8 Å². The van der Waals surface area contributed by atoms with Gasteiger partial charge in [0.25, 0.3) is 0 Å². The van der Waals surface area contributed by atoms with Gasteiger partial charge in [0.15, 0.2) is 11.6 Å². The van der Waals surface area contributed by atoms with Gasteiger partial charge in [0.05, 0.1) is 44.6 Å². The maximum atomic E-state index is 13.4. The standard InChI is InChI=1S/C28H38N8O3/c1-5-34-21(16-24(37)36(19-6-7-19)20-8-9-20)15-22-26-25(29-17-33(26)3)27(31-28(22)34)30-23-14-18(2)35(32-23)10-11-39-13-12-38-4/h14-15,17,19-20H,5-13,16H2,1-4H3,(H,30,31,32). The van der Waals surface area contributed by atoms with Gasteiger partial charge in [-0.2, -0.15) is 5.10 Å². The molecule has 0 unspecified atom stereocenters. The molecule has 4 aromatic rings. The first-order chi connectivity index (χ1) is 19.0. The monoisotopic (exact) mass is 534 g/mol. The first-order valence-corrected chi connectivity index (χ1v) is 14.0. The Morgan fingerprint density at radius 2 is 1.92 bits per heavy atom. The highest BCUT2D eigenvalue weighted by atomic mass is 16.5. The molecule has 2 aliphatic carbocycles. The molecule has 0 aromatic carbocycles. The summed E-state index contributed by atoms with van der Waals surface area (Å²) in [5.41, 5.74) is 4.66. The third kappa shape index (κ3) is 5.12. The SMILES string of the molecule is CCn1c(CC(=O)N(C2CC2)C2CC2)cc2c3c(ncn3C)c(Nc3cc(C)n(CCOCCOC)n3)nc21. The fourth-order valence-electron chi connectivity index (χ4n) is 5.52. The van der Waals surface area contributed by atoms with Crippen LogP contribution in [0.5, 0.6) is 0 Å². The zero-order valence-electron chi connectivity index (χ0n) is 23.3. The van der Waals surface area contributed by atoms with E-state index in [4.69, 9.17) is 19.6 Å². The third-order valence-corrected chi connectivity index (χ3v) is 7.71. The Bertz CT molecular complexity index is 1480. The number of aromatic nitrogens is 6. The van der Waals surface area contributed by atoms with Crippen molar-refractivity contribution in [2.45, 2.75) is 71.1 Å². The van der Waals surface area contributed by atoms with Crippen LogP contribution in [0, 0.1) is 6.92 Å². The minimum atomic E-state index is 0.240. The molecule has 0 bridgehead atoms. The summed E-state index contributed by atoms with van der Waals surface area (Å²) in [4.78, 5) is 25.3. The average molecular weight is 535 g/mol. The number of ether oxygens (including phenoxy) is 2. The Balaban J connectivity index is 1.30. The molecular weight excluding hydrogens is 496 g/mol. The van der Waals surface area contributed by atoms with Gasteiger partial charge in [-0.25, -0.2) is 9.97 Å². The van der Waals surface area contributed by atoms with E-state index in [1.54, 1.807) is 7.11 Å². The Hall–Kier alpha value is -3.44. The Morgan fingerprint density at radius 1 is 1.15 bits per heavy atom. The van der Waals surface area contributed by atoms with E-state index in [0.717, 1.165) is 65.7 Å². The fourth-order valence-corrected chi connectivity index (χ4v) is 5.52. The second-order valence-corrected chi connectivity index (χ2v) is 10.7. The number of nitrogens with zero attached hydrogens (tertiary/aromatic N) is 7. The molecule has 1 N–H and O–H groups in total. The van der Waals surface area contributed by atoms with Crippen molar-refractivity contribution < 1.29 is 14.3 Å². The Labute approximate surface area is 228 Å². The van der Waals surface area contributed by atoms with Crippen molar-refractivity contribution in [2.75, 3.05) is 32.2 Å². The summed E-state index contributed by atoms with van der Waals surface area (Å²) < 4.78 is 16.8. The molecule has 39 heavy (non-hydrogen) atoms. The number of carbonyl (C=O) groups is 1. The van der Waals surface area contributed by atoms with Crippen molar-refractivity contribution >= 4 is 39.6 Å². The first kappa shape index (κ1) is 25.8. The van der Waals surface area contributed by atoms with E-state index in [1.807, 2.05) is 35.6 Å². The predicted octanol–water partition coefficient (Wildman–Crippen LogP) is 3.55. The van der Waals surface area contributed by atoms with Crippen LogP contribution in [0.15, 0.2) is 18.5 Å². The predicted molar refractivity (Wildman–Crippen MR) is 149 cm³/mol. The van der Waals surface area contributed by atoms with Crippen LogP contribution in [0.1, 0.15) is 44.0 Å². The van der Waals surface area contributed by atoms with E-state index in [1.165, 1.54) is 0 Å². The van der Waals surface area contributed by atoms with Crippen LogP contribution in [-0.4, -0.2) is 78.7 Å². The average Bonchev–Trinajstić information content (AvgIpc) is 3.83. The lowest BCUT2D eigenvalue weighted by molar-refractivity contribution is -0.131. The van der Waals surface area contributed by atoms with Gasteiger partial charge in [0.2, 0.25) is 5.91 Å². The maximum Gasteiger partial charge on any atom is 0.229 e. The lowest BCUT2D eigenvalue weighted by Crippen LogP contribution is -2.36. The van der Waals surface area contributed by atoms with Crippen LogP contribution in [-0.2, 0) is 40.8 Å². The van der Waals surface area contributed by atoms with E-state index >= 15 is 0 Å². The summed E-state index contributed by atoms with van der Waals surface area (Å²) in [5.74, 6) is 1.60. The summed E-state index contributed by atoms with van der Waals surface area (Å²) in [6.45, 7) is 7.21. The maximum absolute atomic E-state index is 13.4. The van der Waals surface area contributed by atoms with Crippen LogP contribution in [0.2, 0.25) is 0 Å². The molecule has 11 nitrogen and oxygen atoms in total. The molecule has 0 saturated heterocycles. The molecule has 4 aromatic heterocycles. The van der Waals surface area contributed by atoms with Gasteiger partial charge in [-0.3, -0.25) is 9.48 Å². The molecule has 208 valence electrons. The molecule has 2 fully saturated rings. The van der Waals surface area contributed by atoms with E-state index in [9.17, 15) is 4.79 Å². The molecule has 0 radical (unpaired) electrons. The minimum absolute atomic E-state index is 0.240. The summed E-state index contributed by atoms with van der Waals surface area (Å²) in [6.07, 6.45) is 6.77. The zero-order valence-corrected chi connectivity index (χ0v) is 23.3. The summed E-state index contributed by atoms with van der Waals surface area (Å²) in [6, 6.07) is 5.03. The van der Waals surface area contributed by atoms with Gasteiger partial charge < -0.3 is 28.8 Å². The van der Waals surface area contributed by atoms with E-state index in [-0.39, 0.29) is 5.91 Å². The molecule has 2 saturated carbocycles. The second-order valence-electron chi connectivity index (χ2n) is 10.7. The summed E-state index contributed by atoms with van der Waals surface area (Å²) >= 11 is 0. The molecule has 6 rings (SSSR count). The van der Waals surface area contributed by atoms with Crippen molar-refractivity contribution in [2.24, 2.45) is 7.05 Å². The van der Waals surface area contributed by atoms with Crippen molar-refractivity contribution in [3.63, 3.8) is 0 Å². The molecule has 1 amide bonds. The highest BCUT2D eigenvalue weighted by Crippen LogP contribution is 2.38. The van der Waals surface area contributed by atoms with Crippen molar-refractivity contribution in [3.05, 3.63) is 29.8 Å². The van der Waals surface area contributed by atoms with Gasteiger partial charge >= 0.3 is 0 Å². The van der Waals surface area contributed by atoms with Crippen LogP contribution in [0.3, 0.4) is 0 Å². The number of amides is 1. The molecule has 0 spiro atoms. The van der Waals surface area contributed by atoms with Crippen molar-refractivity contribution in [3.8, 4) is 0 Å². The molecule has 11 heteroatoms. The number of methoxy groups -OCH3 is 1. The molecular formula is C28H38N8O3. The number of imidazole rings is 1. The third-order valence-electron chi connectivity index (χ3n) is 7.71. The van der Waals surface area contributed by atoms with Crippen molar-refractivity contribution in [1.29, 1.82) is 0 Å². The van der Waals surface area contributed by atoms with E-state index in [0.29, 0.717) is 56.5 Å². The number of hydrogen-bond acceptors (Lipinski definition) is 7. The smallest absolute Gasteiger partial charge is 0.229 e. The van der Waals surface area contributed by atoms with E-state index < -0.39 is 0 Å². The zero-order chi connectivity index (χ0) is 27.1. The largest absolute Gasteiger partial charge is 0.382 e. The number of carbonyl (C=O) groups excluding carboxylic acids is 1. The molecule has 2 aliphatic rings. The lowest BCUT2D eigenvalue weighted by atomic mass is 10.2. The topological polar surface area (TPSA) is 104 Å². The number of aryl methyl sites for hydroxylation is 3. The summed E-state index contributed by atoms with van der Waals surface area (Å²) in [5, 5.41) is 9.17. The van der Waals surface area contributed by atoms with Gasteiger partial charge in [0, 0.05) is 55.6 Å². The molecule has 0 atom stereocenters. The number of anilines is 2. The highest BCUT2D eigenvalue weighted by Gasteiger charge is 2.42. The van der Waals surface area contributed by atoms with Crippen LogP contribution < -0.4 is 5.32 Å². The number of fused-ring (bicyclic) bond motifs is 3. The van der Waals surface area contributed by atoms with Gasteiger partial charge in [-0.05, 0) is 45.6 Å². The highest BCUT2D eigenvalue weighted by molar-refractivity contribution is 6.07. The summed E-state index contributed by atoms with van der Waals surface area (Å²) in [7, 11) is 3.66. The number of pyridine rings is 1. The fraction of sp³-hybridized carbons (Fsp3) is 0.571. The van der Waals surface area contributed by atoms with Gasteiger partial charge in [-0.1, -0.05) is 0 Å². The van der Waals surface area contributed by atoms with Crippen LogP contribution in [0.4, 0.5) is 11.6 Å². The first-order valence-electron chi connectivity index (χ1n) is 14.0. The Morgan fingerprint density at radius 3 is 2.62 bits per heavy atom. The number of hydrogen-bond donors (Lipinski definition) is 1. The molecule has 0 aliphatic heterocycles. The molecule has 4 heterocycles. The Kier molecular flexibility index (Phi) is 7.03. The van der Waals surface area contributed by atoms with Crippen LogP contribution >= 0.6 is 0 Å². The number of rotatable bonds is 13.